The average molecular weight is 261 g/mol. The summed E-state index contributed by atoms with van der Waals surface area (Å²) >= 11 is 5.48. The van der Waals surface area contributed by atoms with Gasteiger partial charge in [0.1, 0.15) is 0 Å². The van der Waals surface area contributed by atoms with Crippen LogP contribution in [-0.2, 0) is 16.6 Å². The third kappa shape index (κ3) is 3.61. The minimum absolute atomic E-state index is 0.0164. The Labute approximate surface area is 100 Å². The Bertz CT molecular complexity index is 468. The van der Waals surface area contributed by atoms with Crippen molar-refractivity contribution in [2.45, 2.75) is 11.4 Å². The van der Waals surface area contributed by atoms with Crippen molar-refractivity contribution >= 4 is 21.6 Å². The molecule has 0 spiro atoms. The van der Waals surface area contributed by atoms with E-state index in [-0.39, 0.29) is 16.5 Å². The lowest BCUT2D eigenvalue weighted by atomic mass is 10.2. The molecule has 0 fully saturated rings. The van der Waals surface area contributed by atoms with Crippen molar-refractivity contribution in [3.05, 3.63) is 41.4 Å². The van der Waals surface area contributed by atoms with Crippen LogP contribution in [0.3, 0.4) is 0 Å². The molecule has 0 aliphatic heterocycles. The first-order valence-electron chi connectivity index (χ1n) is 4.57. The summed E-state index contributed by atoms with van der Waals surface area (Å²) in [5.41, 5.74) is 6.29. The summed E-state index contributed by atoms with van der Waals surface area (Å²) in [5.74, 6) is 0. The largest absolute Gasteiger partial charge is 0.326 e. The van der Waals surface area contributed by atoms with Crippen LogP contribution in [0.1, 0.15) is 5.56 Å². The second kappa shape index (κ2) is 5.45. The van der Waals surface area contributed by atoms with Crippen molar-refractivity contribution in [3.8, 4) is 0 Å². The molecule has 0 aliphatic carbocycles. The summed E-state index contributed by atoms with van der Waals surface area (Å²) in [6.45, 7) is 3.80. The van der Waals surface area contributed by atoms with Crippen LogP contribution < -0.4 is 10.5 Å². The molecule has 0 saturated carbocycles. The van der Waals surface area contributed by atoms with E-state index >= 15 is 0 Å². The van der Waals surface area contributed by atoms with Gasteiger partial charge in [-0.2, -0.15) is 0 Å². The molecule has 0 atom stereocenters. The predicted octanol–water partition coefficient (Wildman–Crippen LogP) is 1.18. The summed E-state index contributed by atoms with van der Waals surface area (Å²) in [7, 11) is -3.52. The second-order valence-corrected chi connectivity index (χ2v) is 5.49. The molecule has 1 rings (SSSR count). The van der Waals surface area contributed by atoms with Crippen molar-refractivity contribution in [1.29, 1.82) is 0 Å². The first-order valence-corrected chi connectivity index (χ1v) is 6.44. The number of sulfonamides is 1. The fraction of sp³-hybridized carbons (Fsp3) is 0.200. The highest BCUT2D eigenvalue weighted by Gasteiger charge is 2.12. The highest BCUT2D eigenvalue weighted by molar-refractivity contribution is 7.89. The number of hydrogen-bond acceptors (Lipinski definition) is 3. The van der Waals surface area contributed by atoms with Gasteiger partial charge in [0.25, 0.3) is 0 Å². The zero-order valence-electron chi connectivity index (χ0n) is 8.61. The van der Waals surface area contributed by atoms with E-state index < -0.39 is 10.0 Å². The van der Waals surface area contributed by atoms with Crippen LogP contribution in [-0.4, -0.2) is 15.0 Å². The Hall–Kier alpha value is -0.880. The van der Waals surface area contributed by atoms with Crippen molar-refractivity contribution < 1.29 is 8.42 Å². The molecule has 88 valence electrons. The van der Waals surface area contributed by atoms with Gasteiger partial charge in [-0.05, 0) is 17.7 Å². The first-order chi connectivity index (χ1) is 7.45. The molecule has 16 heavy (non-hydrogen) atoms. The Morgan fingerprint density at radius 1 is 1.38 bits per heavy atom. The van der Waals surface area contributed by atoms with E-state index in [1.807, 2.05) is 0 Å². The third-order valence-electron chi connectivity index (χ3n) is 1.92. The molecule has 0 amide bonds. The molecule has 6 heteroatoms. The number of nitrogens with two attached hydrogens (primary N) is 1. The SMILES string of the molecule is C=C(Cl)CNS(=O)(=O)c1ccc(CN)cc1. The minimum Gasteiger partial charge on any atom is -0.326 e. The number of nitrogens with one attached hydrogen (secondary N) is 1. The van der Waals surface area contributed by atoms with Crippen LogP contribution >= 0.6 is 11.6 Å². The standard InChI is InChI=1S/C10H13ClN2O2S/c1-8(11)7-13-16(14,15)10-4-2-9(6-12)3-5-10/h2-5,13H,1,6-7,12H2. The van der Waals surface area contributed by atoms with Gasteiger partial charge in [-0.3, -0.25) is 0 Å². The smallest absolute Gasteiger partial charge is 0.240 e. The van der Waals surface area contributed by atoms with E-state index in [0.29, 0.717) is 6.54 Å². The van der Waals surface area contributed by atoms with Crippen LogP contribution in [0.25, 0.3) is 0 Å². The van der Waals surface area contributed by atoms with Crippen LogP contribution in [0.2, 0.25) is 0 Å². The molecule has 0 saturated heterocycles. The maximum absolute atomic E-state index is 11.7. The van der Waals surface area contributed by atoms with Crippen molar-refractivity contribution in [1.82, 2.24) is 4.72 Å². The Kier molecular flexibility index (Phi) is 4.49. The van der Waals surface area contributed by atoms with Crippen LogP contribution in [0.4, 0.5) is 0 Å². The maximum atomic E-state index is 11.7. The Balaban J connectivity index is 2.85. The molecule has 0 radical (unpaired) electrons. The summed E-state index contributed by atoms with van der Waals surface area (Å²) in [4.78, 5) is 0.183. The van der Waals surface area contributed by atoms with Gasteiger partial charge in [-0.25, -0.2) is 13.1 Å². The van der Waals surface area contributed by atoms with E-state index in [1.54, 1.807) is 12.1 Å². The molecule has 0 heterocycles. The van der Waals surface area contributed by atoms with Crippen molar-refractivity contribution in [3.63, 3.8) is 0 Å². The Morgan fingerprint density at radius 3 is 2.38 bits per heavy atom. The summed E-state index contributed by atoms with van der Waals surface area (Å²) < 4.78 is 25.7. The van der Waals surface area contributed by atoms with Gasteiger partial charge < -0.3 is 5.73 Å². The molecule has 4 nitrogen and oxygen atoms in total. The number of halogens is 1. The van der Waals surface area contributed by atoms with E-state index in [9.17, 15) is 8.42 Å². The summed E-state index contributed by atoms with van der Waals surface area (Å²) in [6.07, 6.45) is 0. The van der Waals surface area contributed by atoms with Gasteiger partial charge in [0.15, 0.2) is 0 Å². The van der Waals surface area contributed by atoms with Gasteiger partial charge in [0, 0.05) is 18.1 Å². The first kappa shape index (κ1) is 13.2. The van der Waals surface area contributed by atoms with Crippen molar-refractivity contribution in [2.75, 3.05) is 6.54 Å². The molecule has 0 aliphatic rings. The monoisotopic (exact) mass is 260 g/mol. The van der Waals surface area contributed by atoms with E-state index in [1.165, 1.54) is 12.1 Å². The predicted molar refractivity (Wildman–Crippen MR) is 64.5 cm³/mol. The topological polar surface area (TPSA) is 72.2 Å². The lowest BCUT2D eigenvalue weighted by molar-refractivity contribution is 0.585. The molecular formula is C10H13ClN2O2S. The fourth-order valence-electron chi connectivity index (χ4n) is 1.06. The van der Waals surface area contributed by atoms with Crippen molar-refractivity contribution in [2.24, 2.45) is 5.73 Å². The molecule has 0 aromatic heterocycles. The summed E-state index contributed by atoms with van der Waals surface area (Å²) in [6, 6.07) is 6.34. The zero-order valence-corrected chi connectivity index (χ0v) is 10.2. The Morgan fingerprint density at radius 2 is 1.94 bits per heavy atom. The van der Waals surface area contributed by atoms with Gasteiger partial charge in [0.2, 0.25) is 10.0 Å². The van der Waals surface area contributed by atoms with Crippen LogP contribution in [0.15, 0.2) is 40.8 Å². The molecule has 0 bridgehead atoms. The molecule has 1 aromatic rings. The van der Waals surface area contributed by atoms with Crippen LogP contribution in [0, 0.1) is 0 Å². The fourth-order valence-corrected chi connectivity index (χ4v) is 2.23. The number of rotatable bonds is 5. The zero-order chi connectivity index (χ0) is 12.2. The second-order valence-electron chi connectivity index (χ2n) is 3.19. The van der Waals surface area contributed by atoms with Gasteiger partial charge in [-0.15, -0.1) is 0 Å². The lowest BCUT2D eigenvalue weighted by Gasteiger charge is -2.06. The number of benzene rings is 1. The quantitative estimate of drug-likeness (QED) is 0.835. The van der Waals surface area contributed by atoms with Gasteiger partial charge in [-0.1, -0.05) is 30.3 Å². The molecule has 3 N–H and O–H groups in total. The van der Waals surface area contributed by atoms with E-state index in [2.05, 4.69) is 11.3 Å². The number of hydrogen-bond donors (Lipinski definition) is 2. The van der Waals surface area contributed by atoms with Gasteiger partial charge in [0.05, 0.1) is 4.90 Å². The third-order valence-corrected chi connectivity index (χ3v) is 3.47. The highest BCUT2D eigenvalue weighted by atomic mass is 35.5. The molecular weight excluding hydrogens is 248 g/mol. The highest BCUT2D eigenvalue weighted by Crippen LogP contribution is 2.10. The normalized spacial score (nSPS) is 11.4. The summed E-state index contributed by atoms with van der Waals surface area (Å²) in [5, 5.41) is 0.238. The van der Waals surface area contributed by atoms with Gasteiger partial charge >= 0.3 is 0 Å². The maximum Gasteiger partial charge on any atom is 0.240 e. The van der Waals surface area contributed by atoms with E-state index in [0.717, 1.165) is 5.56 Å². The minimum atomic E-state index is -3.52. The average Bonchev–Trinajstić information content (AvgIpc) is 2.27. The van der Waals surface area contributed by atoms with Crippen LogP contribution in [0.5, 0.6) is 0 Å². The lowest BCUT2D eigenvalue weighted by Crippen LogP contribution is -2.24. The molecule has 1 aromatic carbocycles. The molecule has 0 unspecified atom stereocenters. The van der Waals surface area contributed by atoms with E-state index in [4.69, 9.17) is 17.3 Å².